The van der Waals surface area contributed by atoms with E-state index in [-0.39, 0.29) is 0 Å². The summed E-state index contributed by atoms with van der Waals surface area (Å²) in [6.45, 7) is 0. The Morgan fingerprint density at radius 3 is 2.38 bits per heavy atom. The molecule has 3 aromatic rings. The molecule has 0 fully saturated rings. The number of hydrazone groups is 1. The first-order chi connectivity index (χ1) is 12.7. The predicted octanol–water partition coefficient (Wildman–Crippen LogP) is 2.94. The maximum atomic E-state index is 11.9. The zero-order chi connectivity index (χ0) is 18.4. The van der Waals surface area contributed by atoms with Gasteiger partial charge in [0.15, 0.2) is 0 Å². The van der Waals surface area contributed by atoms with Gasteiger partial charge >= 0.3 is 11.8 Å². The lowest BCUT2D eigenvalue weighted by Crippen LogP contribution is -2.32. The average molecular weight is 347 g/mol. The van der Waals surface area contributed by atoms with Crippen LogP contribution in [-0.2, 0) is 9.59 Å². The molecule has 6 heteroatoms. The molecule has 26 heavy (non-hydrogen) atoms. The molecule has 0 saturated heterocycles. The molecule has 0 saturated carbocycles. The molecule has 3 aromatic carbocycles. The van der Waals surface area contributed by atoms with E-state index >= 15 is 0 Å². The van der Waals surface area contributed by atoms with Crippen molar-refractivity contribution in [2.24, 2.45) is 5.10 Å². The Labute approximate surface area is 150 Å². The summed E-state index contributed by atoms with van der Waals surface area (Å²) >= 11 is 0. The number of nitrogens with zero attached hydrogens (tertiary/aromatic N) is 1. The third-order valence-electron chi connectivity index (χ3n) is 3.71. The second-order valence-corrected chi connectivity index (χ2v) is 5.49. The van der Waals surface area contributed by atoms with Gasteiger partial charge in [0.1, 0.15) is 5.75 Å². The molecule has 0 bridgehead atoms. The van der Waals surface area contributed by atoms with Crippen LogP contribution in [0, 0.1) is 0 Å². The number of nitrogens with one attached hydrogen (secondary N) is 2. The SMILES string of the molecule is COc1ccc(NC(=O)C(=O)NN=Cc2ccc3ccccc3c2)cc1. The van der Waals surface area contributed by atoms with Crippen molar-refractivity contribution in [3.8, 4) is 5.75 Å². The lowest BCUT2D eigenvalue weighted by atomic mass is 10.1. The summed E-state index contributed by atoms with van der Waals surface area (Å²) in [5.41, 5.74) is 3.52. The van der Waals surface area contributed by atoms with E-state index < -0.39 is 11.8 Å². The van der Waals surface area contributed by atoms with Gasteiger partial charge in [0.05, 0.1) is 13.3 Å². The first kappa shape index (κ1) is 17.2. The number of ether oxygens (including phenoxy) is 1. The number of rotatable bonds is 4. The van der Waals surface area contributed by atoms with Crippen LogP contribution in [0.2, 0.25) is 0 Å². The van der Waals surface area contributed by atoms with E-state index in [4.69, 9.17) is 4.74 Å². The summed E-state index contributed by atoms with van der Waals surface area (Å²) in [4.78, 5) is 23.7. The number of carbonyl (C=O) groups excluding carboxylic acids is 2. The quantitative estimate of drug-likeness (QED) is 0.433. The van der Waals surface area contributed by atoms with E-state index in [9.17, 15) is 9.59 Å². The molecule has 3 rings (SSSR count). The monoisotopic (exact) mass is 347 g/mol. The fraction of sp³-hybridized carbons (Fsp3) is 0.0500. The second-order valence-electron chi connectivity index (χ2n) is 5.49. The molecule has 2 amide bonds. The summed E-state index contributed by atoms with van der Waals surface area (Å²) in [7, 11) is 1.55. The Balaban J connectivity index is 1.57. The third kappa shape index (κ3) is 4.24. The van der Waals surface area contributed by atoms with Gasteiger partial charge in [-0.1, -0.05) is 36.4 Å². The zero-order valence-electron chi connectivity index (χ0n) is 14.1. The van der Waals surface area contributed by atoms with Gasteiger partial charge in [0, 0.05) is 5.69 Å². The lowest BCUT2D eigenvalue weighted by molar-refractivity contribution is -0.136. The summed E-state index contributed by atoms with van der Waals surface area (Å²) < 4.78 is 5.03. The van der Waals surface area contributed by atoms with Crippen molar-refractivity contribution < 1.29 is 14.3 Å². The number of hydrogen-bond acceptors (Lipinski definition) is 4. The summed E-state index contributed by atoms with van der Waals surface area (Å²) in [5, 5.41) is 8.51. The minimum absolute atomic E-state index is 0.490. The normalized spacial score (nSPS) is 10.7. The smallest absolute Gasteiger partial charge is 0.329 e. The Morgan fingerprint density at radius 2 is 1.65 bits per heavy atom. The number of carbonyl (C=O) groups is 2. The van der Waals surface area contributed by atoms with Crippen molar-refractivity contribution >= 4 is 34.5 Å². The van der Waals surface area contributed by atoms with Gasteiger partial charge in [-0.05, 0) is 46.7 Å². The van der Waals surface area contributed by atoms with E-state index in [2.05, 4.69) is 15.8 Å². The Kier molecular flexibility index (Phi) is 5.24. The van der Waals surface area contributed by atoms with E-state index in [0.29, 0.717) is 11.4 Å². The van der Waals surface area contributed by atoms with Crippen LogP contribution in [-0.4, -0.2) is 25.1 Å². The Hall–Kier alpha value is -3.67. The predicted molar refractivity (Wildman–Crippen MR) is 101 cm³/mol. The number of anilines is 1. The molecular formula is C20H17N3O3. The highest BCUT2D eigenvalue weighted by Gasteiger charge is 2.12. The molecule has 0 aliphatic heterocycles. The van der Waals surface area contributed by atoms with Crippen LogP contribution in [0.25, 0.3) is 10.8 Å². The Morgan fingerprint density at radius 1 is 0.923 bits per heavy atom. The van der Waals surface area contributed by atoms with Gasteiger partial charge in [-0.2, -0.15) is 5.10 Å². The van der Waals surface area contributed by atoms with Crippen LogP contribution in [0.5, 0.6) is 5.75 Å². The average Bonchev–Trinajstić information content (AvgIpc) is 2.68. The highest BCUT2D eigenvalue weighted by Crippen LogP contribution is 2.15. The number of amides is 2. The van der Waals surface area contributed by atoms with Crippen molar-refractivity contribution in [2.45, 2.75) is 0 Å². The number of benzene rings is 3. The molecule has 0 radical (unpaired) electrons. The van der Waals surface area contributed by atoms with Crippen LogP contribution < -0.4 is 15.5 Å². The summed E-state index contributed by atoms with van der Waals surface area (Å²) in [6.07, 6.45) is 1.49. The van der Waals surface area contributed by atoms with Crippen molar-refractivity contribution in [3.05, 3.63) is 72.3 Å². The van der Waals surface area contributed by atoms with Crippen LogP contribution >= 0.6 is 0 Å². The molecule has 130 valence electrons. The molecule has 0 unspecified atom stereocenters. The maximum Gasteiger partial charge on any atom is 0.329 e. The minimum Gasteiger partial charge on any atom is -0.497 e. The van der Waals surface area contributed by atoms with Crippen LogP contribution in [0.4, 0.5) is 5.69 Å². The van der Waals surface area contributed by atoms with Crippen LogP contribution in [0.15, 0.2) is 71.8 Å². The molecule has 0 aromatic heterocycles. The highest BCUT2D eigenvalue weighted by molar-refractivity contribution is 6.39. The van der Waals surface area contributed by atoms with Crippen molar-refractivity contribution in [1.29, 1.82) is 0 Å². The largest absolute Gasteiger partial charge is 0.497 e. The van der Waals surface area contributed by atoms with Gasteiger partial charge in [-0.3, -0.25) is 9.59 Å². The van der Waals surface area contributed by atoms with Crippen molar-refractivity contribution in [3.63, 3.8) is 0 Å². The molecular weight excluding hydrogens is 330 g/mol. The standard InChI is InChI=1S/C20H17N3O3/c1-26-18-10-8-17(9-11-18)22-19(24)20(25)23-21-13-14-6-7-15-4-2-3-5-16(15)12-14/h2-13H,1H3,(H,22,24)(H,23,25). The van der Waals surface area contributed by atoms with Gasteiger partial charge in [0.2, 0.25) is 0 Å². The molecule has 0 atom stereocenters. The van der Waals surface area contributed by atoms with Gasteiger partial charge in [-0.15, -0.1) is 0 Å². The molecule has 6 nitrogen and oxygen atoms in total. The van der Waals surface area contributed by atoms with Crippen LogP contribution in [0.3, 0.4) is 0 Å². The zero-order valence-corrected chi connectivity index (χ0v) is 14.1. The fourth-order valence-electron chi connectivity index (χ4n) is 2.37. The van der Waals surface area contributed by atoms with Gasteiger partial charge < -0.3 is 10.1 Å². The number of hydrogen-bond donors (Lipinski definition) is 2. The van der Waals surface area contributed by atoms with E-state index in [1.165, 1.54) is 6.21 Å². The molecule has 0 aliphatic carbocycles. The third-order valence-corrected chi connectivity index (χ3v) is 3.71. The van der Waals surface area contributed by atoms with Crippen molar-refractivity contribution in [2.75, 3.05) is 12.4 Å². The molecule has 0 heterocycles. The van der Waals surface area contributed by atoms with Gasteiger partial charge in [-0.25, -0.2) is 5.43 Å². The minimum atomic E-state index is -0.849. The summed E-state index contributed by atoms with van der Waals surface area (Å²) in [6, 6.07) is 20.4. The van der Waals surface area contributed by atoms with Gasteiger partial charge in [0.25, 0.3) is 0 Å². The summed E-state index contributed by atoms with van der Waals surface area (Å²) in [5.74, 6) is -0.990. The Bertz CT molecular complexity index is 965. The topological polar surface area (TPSA) is 79.8 Å². The second kappa shape index (κ2) is 7.94. The maximum absolute atomic E-state index is 11.9. The first-order valence-electron chi connectivity index (χ1n) is 7.93. The van der Waals surface area contributed by atoms with E-state index in [0.717, 1.165) is 16.3 Å². The van der Waals surface area contributed by atoms with Crippen molar-refractivity contribution in [1.82, 2.24) is 5.43 Å². The first-order valence-corrected chi connectivity index (χ1v) is 7.93. The highest BCUT2D eigenvalue weighted by atomic mass is 16.5. The number of methoxy groups -OCH3 is 1. The fourth-order valence-corrected chi connectivity index (χ4v) is 2.37. The lowest BCUT2D eigenvalue weighted by Gasteiger charge is -2.05. The van der Waals surface area contributed by atoms with Crippen LogP contribution in [0.1, 0.15) is 5.56 Å². The number of fused-ring (bicyclic) bond motifs is 1. The van der Waals surface area contributed by atoms with E-state index in [1.807, 2.05) is 42.5 Å². The molecule has 0 spiro atoms. The molecule has 0 aliphatic rings. The van der Waals surface area contributed by atoms with E-state index in [1.54, 1.807) is 31.4 Å². The molecule has 2 N–H and O–H groups in total.